The standard InChI is InChI=1S/C22H30O/c1-3-19(21-11-7-5-8-12-21)15-17-23-18-16-20(4-2)22-13-9-6-10-14-22/h5-14,19-20H,3-4,15-18H2,1-2H3. The summed E-state index contributed by atoms with van der Waals surface area (Å²) < 4.78 is 5.94. The molecule has 0 amide bonds. The van der Waals surface area contributed by atoms with Gasteiger partial charge in [-0.1, -0.05) is 74.5 Å². The zero-order valence-corrected chi connectivity index (χ0v) is 14.6. The molecule has 1 heteroatoms. The summed E-state index contributed by atoms with van der Waals surface area (Å²) in [7, 11) is 0. The Balaban J connectivity index is 1.70. The Morgan fingerprint density at radius 2 is 1.04 bits per heavy atom. The molecule has 0 N–H and O–H groups in total. The summed E-state index contributed by atoms with van der Waals surface area (Å²) >= 11 is 0. The minimum absolute atomic E-state index is 0.618. The van der Waals surface area contributed by atoms with Crippen LogP contribution in [0.5, 0.6) is 0 Å². The first-order valence-electron chi connectivity index (χ1n) is 9.02. The third kappa shape index (κ3) is 5.84. The third-order valence-electron chi connectivity index (χ3n) is 4.75. The number of hydrogen-bond donors (Lipinski definition) is 0. The van der Waals surface area contributed by atoms with Crippen LogP contribution in [0.2, 0.25) is 0 Å². The SMILES string of the molecule is CCC(CCOCCC(CC)c1ccccc1)c1ccccc1. The van der Waals surface area contributed by atoms with Gasteiger partial charge < -0.3 is 4.74 Å². The van der Waals surface area contributed by atoms with Gasteiger partial charge in [0.15, 0.2) is 0 Å². The summed E-state index contributed by atoms with van der Waals surface area (Å²) in [6.45, 7) is 6.25. The van der Waals surface area contributed by atoms with Crippen LogP contribution < -0.4 is 0 Å². The van der Waals surface area contributed by atoms with E-state index in [0.29, 0.717) is 11.8 Å². The molecule has 0 bridgehead atoms. The van der Waals surface area contributed by atoms with Crippen molar-refractivity contribution in [2.45, 2.75) is 51.4 Å². The van der Waals surface area contributed by atoms with Crippen LogP contribution in [-0.4, -0.2) is 13.2 Å². The van der Waals surface area contributed by atoms with Crippen LogP contribution in [0.3, 0.4) is 0 Å². The van der Waals surface area contributed by atoms with E-state index in [1.54, 1.807) is 0 Å². The highest BCUT2D eigenvalue weighted by atomic mass is 16.5. The minimum atomic E-state index is 0.618. The maximum Gasteiger partial charge on any atom is 0.0471 e. The highest BCUT2D eigenvalue weighted by Crippen LogP contribution is 2.24. The van der Waals surface area contributed by atoms with Crippen molar-refractivity contribution in [1.29, 1.82) is 0 Å². The van der Waals surface area contributed by atoms with Crippen LogP contribution in [0.15, 0.2) is 60.7 Å². The first kappa shape index (κ1) is 17.7. The second-order valence-electron chi connectivity index (χ2n) is 6.22. The van der Waals surface area contributed by atoms with E-state index in [-0.39, 0.29) is 0 Å². The molecule has 0 heterocycles. The number of rotatable bonds is 10. The van der Waals surface area contributed by atoms with Gasteiger partial charge in [-0.25, -0.2) is 0 Å². The van der Waals surface area contributed by atoms with E-state index >= 15 is 0 Å². The normalized spacial score (nSPS) is 13.7. The van der Waals surface area contributed by atoms with Crippen LogP contribution >= 0.6 is 0 Å². The van der Waals surface area contributed by atoms with E-state index in [0.717, 1.165) is 26.1 Å². The molecule has 1 nitrogen and oxygen atoms in total. The third-order valence-corrected chi connectivity index (χ3v) is 4.75. The van der Waals surface area contributed by atoms with Crippen molar-refractivity contribution in [2.75, 3.05) is 13.2 Å². The van der Waals surface area contributed by atoms with Crippen LogP contribution in [0.4, 0.5) is 0 Å². The van der Waals surface area contributed by atoms with E-state index < -0.39 is 0 Å². The maximum absolute atomic E-state index is 5.94. The number of hydrogen-bond acceptors (Lipinski definition) is 1. The van der Waals surface area contributed by atoms with Gasteiger partial charge >= 0.3 is 0 Å². The molecule has 2 unspecified atom stereocenters. The Kier molecular flexibility index (Phi) is 7.89. The van der Waals surface area contributed by atoms with Gasteiger partial charge in [0, 0.05) is 13.2 Å². The molecular weight excluding hydrogens is 280 g/mol. The van der Waals surface area contributed by atoms with Crippen molar-refractivity contribution in [3.05, 3.63) is 71.8 Å². The lowest BCUT2D eigenvalue weighted by Gasteiger charge is -2.17. The summed E-state index contributed by atoms with van der Waals surface area (Å²) in [5.41, 5.74) is 2.88. The molecule has 2 aromatic carbocycles. The molecule has 2 rings (SSSR count). The lowest BCUT2D eigenvalue weighted by molar-refractivity contribution is 0.119. The van der Waals surface area contributed by atoms with Crippen molar-refractivity contribution in [3.8, 4) is 0 Å². The van der Waals surface area contributed by atoms with E-state index in [2.05, 4.69) is 74.5 Å². The predicted molar refractivity (Wildman–Crippen MR) is 99.0 cm³/mol. The molecule has 0 aliphatic heterocycles. The zero-order valence-electron chi connectivity index (χ0n) is 14.6. The summed E-state index contributed by atoms with van der Waals surface area (Å²) in [5.74, 6) is 1.24. The van der Waals surface area contributed by atoms with Gasteiger partial charge in [0.05, 0.1) is 0 Å². The maximum atomic E-state index is 5.94. The molecule has 124 valence electrons. The Morgan fingerprint density at radius 1 is 0.652 bits per heavy atom. The lowest BCUT2D eigenvalue weighted by atomic mass is 9.93. The van der Waals surface area contributed by atoms with Crippen LogP contribution in [0, 0.1) is 0 Å². The predicted octanol–water partition coefficient (Wildman–Crippen LogP) is 6.17. The second-order valence-corrected chi connectivity index (χ2v) is 6.22. The molecule has 2 atom stereocenters. The van der Waals surface area contributed by atoms with Crippen molar-refractivity contribution in [2.24, 2.45) is 0 Å². The van der Waals surface area contributed by atoms with Crippen molar-refractivity contribution in [1.82, 2.24) is 0 Å². The highest BCUT2D eigenvalue weighted by Gasteiger charge is 2.10. The average Bonchev–Trinajstić information content (AvgIpc) is 2.63. The smallest absolute Gasteiger partial charge is 0.0471 e. The van der Waals surface area contributed by atoms with Gasteiger partial charge in [-0.2, -0.15) is 0 Å². The topological polar surface area (TPSA) is 9.23 Å². The van der Waals surface area contributed by atoms with E-state index in [1.807, 2.05) is 0 Å². The first-order valence-corrected chi connectivity index (χ1v) is 9.02. The van der Waals surface area contributed by atoms with Gasteiger partial charge in [0.2, 0.25) is 0 Å². The highest BCUT2D eigenvalue weighted by molar-refractivity contribution is 5.20. The van der Waals surface area contributed by atoms with Crippen LogP contribution in [-0.2, 0) is 4.74 Å². The zero-order chi connectivity index (χ0) is 16.3. The molecule has 0 saturated heterocycles. The monoisotopic (exact) mass is 310 g/mol. The molecule has 0 aromatic heterocycles. The molecule has 23 heavy (non-hydrogen) atoms. The second kappa shape index (κ2) is 10.2. The fourth-order valence-electron chi connectivity index (χ4n) is 3.22. The minimum Gasteiger partial charge on any atom is -0.381 e. The number of benzene rings is 2. The van der Waals surface area contributed by atoms with E-state index in [4.69, 9.17) is 4.74 Å². The molecule has 0 spiro atoms. The summed E-state index contributed by atoms with van der Waals surface area (Å²) in [5, 5.41) is 0. The van der Waals surface area contributed by atoms with Gasteiger partial charge in [0.25, 0.3) is 0 Å². The van der Waals surface area contributed by atoms with Crippen molar-refractivity contribution < 1.29 is 4.74 Å². The Morgan fingerprint density at radius 3 is 1.39 bits per heavy atom. The lowest BCUT2D eigenvalue weighted by Crippen LogP contribution is -2.07. The Hall–Kier alpha value is -1.60. The summed E-state index contributed by atoms with van der Waals surface area (Å²) in [4.78, 5) is 0. The largest absolute Gasteiger partial charge is 0.381 e. The summed E-state index contributed by atoms with van der Waals surface area (Å²) in [6, 6.07) is 21.6. The van der Waals surface area contributed by atoms with Crippen molar-refractivity contribution >= 4 is 0 Å². The van der Waals surface area contributed by atoms with E-state index in [1.165, 1.54) is 24.0 Å². The van der Waals surface area contributed by atoms with Gasteiger partial charge in [0.1, 0.15) is 0 Å². The first-order chi connectivity index (χ1) is 11.3. The molecule has 0 saturated carbocycles. The van der Waals surface area contributed by atoms with E-state index in [9.17, 15) is 0 Å². The molecule has 0 fully saturated rings. The molecule has 0 aliphatic rings. The van der Waals surface area contributed by atoms with Crippen LogP contribution in [0.25, 0.3) is 0 Å². The van der Waals surface area contributed by atoms with Gasteiger partial charge in [-0.3, -0.25) is 0 Å². The van der Waals surface area contributed by atoms with Gasteiger partial charge in [-0.15, -0.1) is 0 Å². The fraction of sp³-hybridized carbons (Fsp3) is 0.455. The van der Waals surface area contributed by atoms with Crippen molar-refractivity contribution in [3.63, 3.8) is 0 Å². The van der Waals surface area contributed by atoms with Gasteiger partial charge in [-0.05, 0) is 48.6 Å². The Bertz CT molecular complexity index is 471. The molecule has 2 aromatic rings. The quantitative estimate of drug-likeness (QED) is 0.477. The molecule has 0 aliphatic carbocycles. The fourth-order valence-corrected chi connectivity index (χ4v) is 3.22. The molecular formula is C22H30O. The summed E-state index contributed by atoms with van der Waals surface area (Å²) in [6.07, 6.45) is 4.58. The number of ether oxygens (including phenoxy) is 1. The van der Waals surface area contributed by atoms with Crippen LogP contribution in [0.1, 0.15) is 62.5 Å². The molecule has 0 radical (unpaired) electrons. The Labute approximate surface area is 141 Å². The average molecular weight is 310 g/mol.